The van der Waals surface area contributed by atoms with Gasteiger partial charge >= 0.3 is 0 Å². The molecule has 1 N–H and O–H groups in total. The van der Waals surface area contributed by atoms with E-state index in [0.717, 1.165) is 41.3 Å². The van der Waals surface area contributed by atoms with Crippen molar-refractivity contribution in [2.75, 3.05) is 13.1 Å². The summed E-state index contributed by atoms with van der Waals surface area (Å²) >= 11 is 1.61. The molecule has 0 saturated carbocycles. The van der Waals surface area contributed by atoms with E-state index in [0.29, 0.717) is 22.5 Å². The highest BCUT2D eigenvalue weighted by atomic mass is 32.2. The Morgan fingerprint density at radius 3 is 2.61 bits per heavy atom. The quantitative estimate of drug-likeness (QED) is 0.460. The van der Waals surface area contributed by atoms with Gasteiger partial charge in [-0.25, -0.2) is 14.4 Å². The molecule has 0 radical (unpaired) electrons. The number of hydrogen-bond donors (Lipinski definition) is 1. The van der Waals surface area contributed by atoms with Crippen LogP contribution in [-0.2, 0) is 0 Å². The van der Waals surface area contributed by atoms with Crippen molar-refractivity contribution in [1.82, 2.24) is 10.4 Å². The Hall–Kier alpha value is -2.96. The number of nitrogens with one attached hydrogen (secondary N) is 1. The van der Waals surface area contributed by atoms with Crippen molar-refractivity contribution in [3.63, 3.8) is 0 Å². The van der Waals surface area contributed by atoms with Crippen molar-refractivity contribution in [1.29, 1.82) is 0 Å². The molecule has 1 saturated heterocycles. The lowest BCUT2D eigenvalue weighted by atomic mass is 10.0. The molecule has 31 heavy (non-hydrogen) atoms. The normalized spacial score (nSPS) is 16.0. The third kappa shape index (κ3) is 4.27. The van der Waals surface area contributed by atoms with E-state index in [1.54, 1.807) is 17.8 Å². The van der Waals surface area contributed by atoms with Crippen molar-refractivity contribution in [2.24, 2.45) is 4.99 Å². The van der Waals surface area contributed by atoms with E-state index in [9.17, 15) is 9.18 Å². The van der Waals surface area contributed by atoms with Crippen molar-refractivity contribution < 1.29 is 9.18 Å². The van der Waals surface area contributed by atoms with Gasteiger partial charge in [0.15, 0.2) is 0 Å². The van der Waals surface area contributed by atoms with E-state index in [-0.39, 0.29) is 11.7 Å². The molecule has 156 valence electrons. The van der Waals surface area contributed by atoms with Crippen LogP contribution in [0.25, 0.3) is 0 Å². The molecule has 2 heterocycles. The highest BCUT2D eigenvalue weighted by Gasteiger charge is 2.21. The Labute approximate surface area is 185 Å². The van der Waals surface area contributed by atoms with Gasteiger partial charge in [0.25, 0.3) is 5.91 Å². The number of aliphatic imine (C=N–C) groups is 1. The summed E-state index contributed by atoms with van der Waals surface area (Å²) in [5, 5.41) is 1.99. The van der Waals surface area contributed by atoms with Crippen LogP contribution in [-0.4, -0.2) is 29.7 Å². The summed E-state index contributed by atoms with van der Waals surface area (Å²) < 4.78 is 14.0. The van der Waals surface area contributed by atoms with Crippen LogP contribution in [0.1, 0.15) is 40.7 Å². The Morgan fingerprint density at radius 2 is 1.77 bits per heavy atom. The van der Waals surface area contributed by atoms with E-state index in [1.807, 2.05) is 53.5 Å². The molecule has 0 bridgehead atoms. The van der Waals surface area contributed by atoms with E-state index in [1.165, 1.54) is 18.6 Å². The highest BCUT2D eigenvalue weighted by molar-refractivity contribution is 7.99. The Morgan fingerprint density at radius 1 is 0.935 bits per heavy atom. The molecule has 1 fully saturated rings. The number of fused-ring (bicyclic) bond motifs is 2. The summed E-state index contributed by atoms with van der Waals surface area (Å²) in [6, 6.07) is 20.1. The van der Waals surface area contributed by atoms with Crippen LogP contribution in [0.2, 0.25) is 0 Å². The van der Waals surface area contributed by atoms with Gasteiger partial charge in [0.05, 0.1) is 11.4 Å². The van der Waals surface area contributed by atoms with E-state index in [2.05, 4.69) is 5.43 Å². The topological polar surface area (TPSA) is 44.7 Å². The molecule has 6 heteroatoms. The van der Waals surface area contributed by atoms with Gasteiger partial charge in [0.1, 0.15) is 5.82 Å². The summed E-state index contributed by atoms with van der Waals surface area (Å²) in [7, 11) is 0. The number of halogens is 1. The molecule has 1 amide bonds. The molecule has 2 aliphatic rings. The van der Waals surface area contributed by atoms with Gasteiger partial charge in [-0.15, -0.1) is 0 Å². The molecule has 3 aromatic rings. The molecule has 0 aliphatic carbocycles. The molecule has 5 rings (SSSR count). The average Bonchev–Trinajstić information content (AvgIpc) is 2.96. The molecule has 0 unspecified atom stereocenters. The van der Waals surface area contributed by atoms with Crippen molar-refractivity contribution >= 4 is 29.1 Å². The van der Waals surface area contributed by atoms with E-state index in [4.69, 9.17) is 4.99 Å². The van der Waals surface area contributed by atoms with Crippen molar-refractivity contribution in [3.05, 3.63) is 89.2 Å². The Bertz CT molecular complexity index is 1170. The second kappa shape index (κ2) is 8.65. The van der Waals surface area contributed by atoms with Crippen LogP contribution in [0.4, 0.5) is 10.1 Å². The lowest BCUT2D eigenvalue weighted by Gasteiger charge is -2.26. The number of benzene rings is 3. The maximum absolute atomic E-state index is 14.0. The van der Waals surface area contributed by atoms with Gasteiger partial charge in [-0.1, -0.05) is 48.5 Å². The monoisotopic (exact) mass is 431 g/mol. The van der Waals surface area contributed by atoms with E-state index >= 15 is 0 Å². The minimum Gasteiger partial charge on any atom is -0.285 e. The first-order valence-corrected chi connectivity index (χ1v) is 11.3. The number of hydrogen-bond acceptors (Lipinski definition) is 4. The van der Waals surface area contributed by atoms with Crippen LogP contribution in [0.5, 0.6) is 0 Å². The van der Waals surface area contributed by atoms with E-state index < -0.39 is 0 Å². The number of nitrogens with zero attached hydrogens (tertiary/aromatic N) is 2. The van der Waals surface area contributed by atoms with Crippen LogP contribution in [0.3, 0.4) is 0 Å². The number of rotatable bonds is 3. The summed E-state index contributed by atoms with van der Waals surface area (Å²) in [6.45, 7) is 1.76. The maximum atomic E-state index is 14.0. The third-order valence-electron chi connectivity index (χ3n) is 5.53. The second-order valence-corrected chi connectivity index (χ2v) is 8.82. The highest BCUT2D eigenvalue weighted by Crippen LogP contribution is 2.41. The third-order valence-corrected chi connectivity index (χ3v) is 6.67. The molecule has 0 aromatic heterocycles. The number of hydrazine groups is 1. The molecule has 2 aliphatic heterocycles. The van der Waals surface area contributed by atoms with Crippen LogP contribution in [0, 0.1) is 5.82 Å². The van der Waals surface area contributed by atoms with Crippen molar-refractivity contribution in [3.8, 4) is 0 Å². The van der Waals surface area contributed by atoms with Gasteiger partial charge < -0.3 is 0 Å². The Balaban J connectivity index is 1.55. The fraction of sp³-hybridized carbons (Fsp3) is 0.200. The number of piperidine rings is 1. The van der Waals surface area contributed by atoms with Crippen LogP contribution < -0.4 is 5.43 Å². The summed E-state index contributed by atoms with van der Waals surface area (Å²) in [6.07, 6.45) is 3.40. The van der Waals surface area contributed by atoms with Gasteiger partial charge in [0.2, 0.25) is 0 Å². The fourth-order valence-electron chi connectivity index (χ4n) is 3.95. The first kappa shape index (κ1) is 20.0. The molecule has 4 nitrogen and oxygen atoms in total. The second-order valence-electron chi connectivity index (χ2n) is 7.74. The minimum atomic E-state index is -0.301. The molecule has 0 spiro atoms. The zero-order chi connectivity index (χ0) is 21.2. The fourth-order valence-corrected chi connectivity index (χ4v) is 4.96. The number of amides is 1. The Kier molecular flexibility index (Phi) is 5.57. The van der Waals surface area contributed by atoms with Crippen LogP contribution in [0.15, 0.2) is 81.5 Å². The van der Waals surface area contributed by atoms with Gasteiger partial charge in [-0.05, 0) is 49.2 Å². The zero-order valence-corrected chi connectivity index (χ0v) is 17.8. The molecule has 3 aromatic carbocycles. The summed E-state index contributed by atoms with van der Waals surface area (Å²) in [5.74, 6) is -0.427. The smallest absolute Gasteiger partial charge is 0.265 e. The van der Waals surface area contributed by atoms with Gasteiger partial charge in [-0.3, -0.25) is 10.2 Å². The average molecular weight is 432 g/mol. The lowest BCUT2D eigenvalue weighted by Crippen LogP contribution is -2.45. The van der Waals surface area contributed by atoms with Gasteiger partial charge in [0, 0.05) is 39.6 Å². The van der Waals surface area contributed by atoms with Gasteiger partial charge in [-0.2, -0.15) is 0 Å². The molecular weight excluding hydrogens is 409 g/mol. The summed E-state index contributed by atoms with van der Waals surface area (Å²) in [4.78, 5) is 19.8. The first-order chi connectivity index (χ1) is 15.2. The van der Waals surface area contributed by atoms with Crippen molar-refractivity contribution in [2.45, 2.75) is 29.1 Å². The zero-order valence-electron chi connectivity index (χ0n) is 17.0. The predicted molar refractivity (Wildman–Crippen MR) is 122 cm³/mol. The lowest BCUT2D eigenvalue weighted by molar-refractivity contribution is 0.0750. The number of carbonyl (C=O) groups excluding carboxylic acids is 1. The number of carbonyl (C=O) groups is 1. The molecular formula is C25H22FN3OS. The largest absolute Gasteiger partial charge is 0.285 e. The SMILES string of the molecule is O=C(NN1CCCCC1)c1ccc2c(c1)N=C(c1cccc(F)c1)c1ccccc1S2. The standard InChI is InChI=1S/C25H22FN3OS/c26-19-8-6-7-17(15-19)24-20-9-2-3-10-22(20)31-23-12-11-18(16-21(23)27-24)25(30)28-29-13-4-1-5-14-29/h2-3,6-12,15-16H,1,4-5,13-14H2,(H,28,30). The molecule has 0 atom stereocenters. The summed E-state index contributed by atoms with van der Waals surface area (Å²) in [5.41, 5.74) is 6.67. The van der Waals surface area contributed by atoms with Crippen LogP contribution >= 0.6 is 11.8 Å². The predicted octanol–water partition coefficient (Wildman–Crippen LogP) is 5.59. The minimum absolute atomic E-state index is 0.126. The first-order valence-electron chi connectivity index (χ1n) is 10.5. The maximum Gasteiger partial charge on any atom is 0.265 e.